The van der Waals surface area contributed by atoms with Gasteiger partial charge in [0.15, 0.2) is 5.15 Å². The number of pyridine rings is 1. The first-order chi connectivity index (χ1) is 12.6. The highest BCUT2D eigenvalue weighted by Crippen LogP contribution is 2.62. The van der Waals surface area contributed by atoms with Crippen LogP contribution >= 0.6 is 11.6 Å². The van der Waals surface area contributed by atoms with Crippen molar-refractivity contribution in [3.63, 3.8) is 0 Å². The van der Waals surface area contributed by atoms with Crippen molar-refractivity contribution < 1.29 is 13.9 Å². The number of ether oxygens (including phenoxy) is 1. The summed E-state index contributed by atoms with van der Waals surface area (Å²) in [5.74, 6) is -0.210. The van der Waals surface area contributed by atoms with Gasteiger partial charge in [-0.25, -0.2) is 9.37 Å². The Kier molecular flexibility index (Phi) is 4.40. The van der Waals surface area contributed by atoms with Gasteiger partial charge in [0.1, 0.15) is 18.1 Å². The standard InChI is InChI=1S/C19H25ClFN3O2Si/c1-27(2,3)7-6-26-12-24-14(8-13-4-5-22-16(20)15(13)24)17(25)23-19-9-18(21,10-19)11-19/h4-5,8H,6-7,9-12H2,1-3H3,(H,23,25). The van der Waals surface area contributed by atoms with Crippen molar-refractivity contribution in [3.8, 4) is 0 Å². The zero-order valence-electron chi connectivity index (χ0n) is 15.9. The van der Waals surface area contributed by atoms with Crippen LogP contribution in [0.1, 0.15) is 29.8 Å². The van der Waals surface area contributed by atoms with Gasteiger partial charge >= 0.3 is 0 Å². The maximum absolute atomic E-state index is 13.8. The monoisotopic (exact) mass is 409 g/mol. The lowest BCUT2D eigenvalue weighted by Gasteiger charge is -2.65. The molecule has 5 nitrogen and oxygen atoms in total. The number of hydrogen-bond donors (Lipinski definition) is 1. The average Bonchev–Trinajstić information content (AvgIpc) is 2.88. The summed E-state index contributed by atoms with van der Waals surface area (Å²) in [6.07, 6.45) is 2.87. The Morgan fingerprint density at radius 3 is 2.74 bits per heavy atom. The second kappa shape index (κ2) is 6.29. The number of hydrogen-bond acceptors (Lipinski definition) is 3. The third-order valence-corrected chi connectivity index (χ3v) is 7.54. The number of carbonyl (C=O) groups is 1. The van der Waals surface area contributed by atoms with Crippen LogP contribution in [0.5, 0.6) is 0 Å². The second-order valence-corrected chi connectivity index (χ2v) is 15.2. The van der Waals surface area contributed by atoms with Gasteiger partial charge in [-0.2, -0.15) is 0 Å². The average molecular weight is 410 g/mol. The van der Waals surface area contributed by atoms with Crippen LogP contribution in [0.25, 0.3) is 10.9 Å². The van der Waals surface area contributed by atoms with Crippen molar-refractivity contribution >= 4 is 36.5 Å². The molecule has 3 fully saturated rings. The van der Waals surface area contributed by atoms with E-state index in [1.807, 2.05) is 6.07 Å². The minimum Gasteiger partial charge on any atom is -0.361 e. The lowest BCUT2D eigenvalue weighted by atomic mass is 9.47. The van der Waals surface area contributed by atoms with Crippen LogP contribution in [-0.4, -0.2) is 41.3 Å². The van der Waals surface area contributed by atoms with Crippen LogP contribution in [0.2, 0.25) is 30.8 Å². The molecule has 0 unspecified atom stereocenters. The van der Waals surface area contributed by atoms with E-state index in [0.717, 1.165) is 11.4 Å². The molecule has 0 radical (unpaired) electrons. The van der Waals surface area contributed by atoms with Gasteiger partial charge < -0.3 is 14.6 Å². The molecule has 146 valence electrons. The molecular formula is C19H25ClFN3O2Si. The van der Waals surface area contributed by atoms with Crippen molar-refractivity contribution in [3.05, 3.63) is 29.2 Å². The van der Waals surface area contributed by atoms with Gasteiger partial charge in [-0.1, -0.05) is 31.2 Å². The zero-order valence-corrected chi connectivity index (χ0v) is 17.7. The Hall–Kier alpha value is -1.44. The highest BCUT2D eigenvalue weighted by atomic mass is 35.5. The lowest BCUT2D eigenvalue weighted by Crippen LogP contribution is -2.76. The minimum absolute atomic E-state index is 0.210. The molecule has 0 aliphatic heterocycles. The Bertz CT molecular complexity index is 888. The molecule has 1 N–H and O–H groups in total. The smallest absolute Gasteiger partial charge is 0.268 e. The topological polar surface area (TPSA) is 56.1 Å². The Balaban J connectivity index is 1.55. The molecule has 5 rings (SSSR count). The SMILES string of the molecule is C[Si](C)(C)CCOCn1c(C(=O)NC23CC(F)(C2)C3)cc2ccnc(Cl)c21. The normalized spacial score (nSPS) is 26.6. The van der Waals surface area contributed by atoms with Gasteiger partial charge in [-0.15, -0.1) is 0 Å². The first-order valence-electron chi connectivity index (χ1n) is 9.33. The summed E-state index contributed by atoms with van der Waals surface area (Å²) in [4.78, 5) is 17.1. The molecule has 1 amide bonds. The number of alkyl halides is 1. The third kappa shape index (κ3) is 3.52. The number of amides is 1. The van der Waals surface area contributed by atoms with Crippen molar-refractivity contribution in [1.82, 2.24) is 14.9 Å². The molecule has 0 spiro atoms. The quantitative estimate of drug-likeness (QED) is 0.419. The lowest BCUT2D eigenvalue weighted by molar-refractivity contribution is -0.162. The van der Waals surface area contributed by atoms with Crippen LogP contribution in [0.15, 0.2) is 18.3 Å². The number of halogens is 2. The first-order valence-corrected chi connectivity index (χ1v) is 13.4. The molecule has 0 aromatic carbocycles. The zero-order chi connectivity index (χ0) is 19.4. The summed E-state index contributed by atoms with van der Waals surface area (Å²) in [5, 5.41) is 4.21. The summed E-state index contributed by atoms with van der Waals surface area (Å²) in [6, 6.07) is 4.67. The van der Waals surface area contributed by atoms with E-state index in [0.29, 0.717) is 42.2 Å². The summed E-state index contributed by atoms with van der Waals surface area (Å²) in [5.41, 5.74) is -0.247. The summed E-state index contributed by atoms with van der Waals surface area (Å²) in [7, 11) is -1.20. The summed E-state index contributed by atoms with van der Waals surface area (Å²) >= 11 is 6.30. The van der Waals surface area contributed by atoms with E-state index in [1.165, 1.54) is 0 Å². The first kappa shape index (κ1) is 18.9. The summed E-state index contributed by atoms with van der Waals surface area (Å²) < 4.78 is 21.4. The van der Waals surface area contributed by atoms with E-state index in [2.05, 4.69) is 29.9 Å². The number of nitrogens with one attached hydrogen (secondary N) is 1. The van der Waals surface area contributed by atoms with Crippen LogP contribution in [0.4, 0.5) is 4.39 Å². The Morgan fingerprint density at radius 2 is 2.11 bits per heavy atom. The highest BCUT2D eigenvalue weighted by molar-refractivity contribution is 6.76. The Labute approximate surface area is 164 Å². The fraction of sp³-hybridized carbons (Fsp3) is 0.579. The van der Waals surface area contributed by atoms with Gasteiger partial charge in [0.25, 0.3) is 5.91 Å². The van der Waals surface area contributed by atoms with E-state index < -0.39 is 13.7 Å². The van der Waals surface area contributed by atoms with Crippen LogP contribution in [0.3, 0.4) is 0 Å². The predicted octanol–water partition coefficient (Wildman–Crippen LogP) is 4.38. The number of nitrogens with zero attached hydrogens (tertiary/aromatic N) is 2. The number of rotatable bonds is 7. The van der Waals surface area contributed by atoms with E-state index in [-0.39, 0.29) is 18.2 Å². The molecule has 2 aromatic rings. The van der Waals surface area contributed by atoms with Crippen LogP contribution in [-0.2, 0) is 11.5 Å². The van der Waals surface area contributed by atoms with E-state index >= 15 is 0 Å². The van der Waals surface area contributed by atoms with E-state index in [4.69, 9.17) is 16.3 Å². The van der Waals surface area contributed by atoms with Crippen LogP contribution in [0, 0.1) is 0 Å². The number of carbonyl (C=O) groups excluding carboxylic acids is 1. The molecular weight excluding hydrogens is 385 g/mol. The molecule has 8 heteroatoms. The maximum Gasteiger partial charge on any atom is 0.268 e. The highest BCUT2D eigenvalue weighted by Gasteiger charge is 2.70. The fourth-order valence-corrected chi connectivity index (χ4v) is 5.15. The van der Waals surface area contributed by atoms with Crippen molar-refractivity contribution in [2.45, 2.75) is 62.9 Å². The molecule has 2 heterocycles. The van der Waals surface area contributed by atoms with Crippen molar-refractivity contribution in [1.29, 1.82) is 0 Å². The molecule has 27 heavy (non-hydrogen) atoms. The molecule has 0 atom stereocenters. The van der Waals surface area contributed by atoms with Gasteiger partial charge in [-0.05, 0) is 18.2 Å². The molecule has 2 aromatic heterocycles. The maximum atomic E-state index is 13.8. The third-order valence-electron chi connectivity index (χ3n) is 5.56. The molecule has 3 saturated carbocycles. The molecule has 0 saturated heterocycles. The van der Waals surface area contributed by atoms with Gasteiger partial charge in [0, 0.05) is 51.1 Å². The predicted molar refractivity (Wildman–Crippen MR) is 107 cm³/mol. The van der Waals surface area contributed by atoms with Crippen LogP contribution < -0.4 is 5.32 Å². The van der Waals surface area contributed by atoms with E-state index in [1.54, 1.807) is 16.8 Å². The van der Waals surface area contributed by atoms with Gasteiger partial charge in [-0.3, -0.25) is 4.79 Å². The Morgan fingerprint density at radius 1 is 1.41 bits per heavy atom. The largest absolute Gasteiger partial charge is 0.361 e. The van der Waals surface area contributed by atoms with Gasteiger partial charge in [0.05, 0.1) is 5.52 Å². The molecule has 3 aliphatic carbocycles. The fourth-order valence-electron chi connectivity index (χ4n) is 4.13. The second-order valence-electron chi connectivity index (χ2n) is 9.26. The van der Waals surface area contributed by atoms with E-state index in [9.17, 15) is 9.18 Å². The molecule has 2 bridgehead atoms. The number of aromatic nitrogens is 2. The van der Waals surface area contributed by atoms with Crippen molar-refractivity contribution in [2.75, 3.05) is 6.61 Å². The number of fused-ring (bicyclic) bond motifs is 1. The molecule has 3 aliphatic rings. The minimum atomic E-state index is -1.20. The summed E-state index contributed by atoms with van der Waals surface area (Å²) in [6.45, 7) is 7.76. The van der Waals surface area contributed by atoms with Gasteiger partial charge in [0.2, 0.25) is 0 Å². The van der Waals surface area contributed by atoms with Crippen molar-refractivity contribution in [2.24, 2.45) is 0 Å².